The van der Waals surface area contributed by atoms with Crippen molar-refractivity contribution >= 4 is 5.82 Å². The van der Waals surface area contributed by atoms with Crippen LogP contribution in [0.2, 0.25) is 0 Å². The van der Waals surface area contributed by atoms with E-state index in [9.17, 15) is 13.2 Å². The number of aromatic nitrogens is 1. The standard InChI is InChI=1S/C9H12F3N3/c10-9(11,12)7-2-5-15-8(6-7)14-4-1-3-13/h2,5-6H,1,3-4,13H2,(H,14,15). The lowest BCUT2D eigenvalue weighted by atomic mass is 10.2. The molecule has 0 unspecified atom stereocenters. The van der Waals surface area contributed by atoms with Gasteiger partial charge in [0.05, 0.1) is 5.56 Å². The zero-order valence-electron chi connectivity index (χ0n) is 8.01. The lowest BCUT2D eigenvalue weighted by Gasteiger charge is -2.09. The lowest BCUT2D eigenvalue weighted by Crippen LogP contribution is -2.11. The van der Waals surface area contributed by atoms with Gasteiger partial charge in [-0.15, -0.1) is 0 Å². The molecule has 0 bridgehead atoms. The molecule has 0 aliphatic rings. The van der Waals surface area contributed by atoms with Crippen LogP contribution >= 0.6 is 0 Å². The highest BCUT2D eigenvalue weighted by Crippen LogP contribution is 2.29. The average Bonchev–Trinajstić information content (AvgIpc) is 2.17. The number of nitrogens with two attached hydrogens (primary N) is 1. The fourth-order valence-corrected chi connectivity index (χ4v) is 1.02. The highest BCUT2D eigenvalue weighted by atomic mass is 19.4. The van der Waals surface area contributed by atoms with Crippen molar-refractivity contribution < 1.29 is 13.2 Å². The molecular formula is C9H12F3N3. The number of halogens is 3. The van der Waals surface area contributed by atoms with Gasteiger partial charge < -0.3 is 11.1 Å². The SMILES string of the molecule is NCCCNc1cc(C(F)(F)F)ccn1. The molecule has 6 heteroatoms. The predicted molar refractivity (Wildman–Crippen MR) is 51.4 cm³/mol. The Kier molecular flexibility index (Phi) is 3.90. The van der Waals surface area contributed by atoms with Crippen LogP contribution in [-0.4, -0.2) is 18.1 Å². The van der Waals surface area contributed by atoms with Gasteiger partial charge in [-0.1, -0.05) is 0 Å². The van der Waals surface area contributed by atoms with E-state index in [1.807, 2.05) is 0 Å². The van der Waals surface area contributed by atoms with Crippen molar-refractivity contribution in [2.75, 3.05) is 18.4 Å². The van der Waals surface area contributed by atoms with Gasteiger partial charge in [0.15, 0.2) is 0 Å². The van der Waals surface area contributed by atoms with Crippen molar-refractivity contribution in [3.8, 4) is 0 Å². The number of anilines is 1. The minimum atomic E-state index is -4.33. The van der Waals surface area contributed by atoms with Crippen molar-refractivity contribution in [1.29, 1.82) is 0 Å². The highest BCUT2D eigenvalue weighted by Gasteiger charge is 2.30. The van der Waals surface area contributed by atoms with Crippen LogP contribution in [-0.2, 0) is 6.18 Å². The van der Waals surface area contributed by atoms with Gasteiger partial charge in [0.1, 0.15) is 5.82 Å². The Morgan fingerprint density at radius 2 is 2.13 bits per heavy atom. The zero-order valence-corrected chi connectivity index (χ0v) is 8.01. The first-order chi connectivity index (χ1) is 7.04. The van der Waals surface area contributed by atoms with Crippen molar-refractivity contribution in [2.24, 2.45) is 5.73 Å². The van der Waals surface area contributed by atoms with Gasteiger partial charge in [-0.3, -0.25) is 0 Å². The van der Waals surface area contributed by atoms with Crippen LogP contribution in [0.3, 0.4) is 0 Å². The number of rotatable bonds is 4. The summed E-state index contributed by atoms with van der Waals surface area (Å²) in [5, 5.41) is 2.77. The van der Waals surface area contributed by atoms with E-state index in [4.69, 9.17) is 5.73 Å². The second-order valence-corrected chi connectivity index (χ2v) is 3.00. The van der Waals surface area contributed by atoms with Crippen molar-refractivity contribution in [3.63, 3.8) is 0 Å². The summed E-state index contributed by atoms with van der Waals surface area (Å²) in [6.07, 6.45) is -2.50. The average molecular weight is 219 g/mol. The zero-order chi connectivity index (χ0) is 11.3. The monoisotopic (exact) mass is 219 g/mol. The number of pyridine rings is 1. The minimum Gasteiger partial charge on any atom is -0.370 e. The maximum atomic E-state index is 12.3. The molecule has 84 valence electrons. The van der Waals surface area contributed by atoms with Crippen LogP contribution in [0.1, 0.15) is 12.0 Å². The van der Waals surface area contributed by atoms with E-state index in [0.29, 0.717) is 19.5 Å². The molecule has 0 radical (unpaired) electrons. The van der Waals surface area contributed by atoms with Gasteiger partial charge in [-0.25, -0.2) is 4.98 Å². The van der Waals surface area contributed by atoms with Crippen molar-refractivity contribution in [1.82, 2.24) is 4.98 Å². The molecule has 1 rings (SSSR count). The van der Waals surface area contributed by atoms with Gasteiger partial charge in [-0.05, 0) is 25.1 Å². The van der Waals surface area contributed by atoms with Crippen molar-refractivity contribution in [2.45, 2.75) is 12.6 Å². The Labute approximate surface area is 85.5 Å². The minimum absolute atomic E-state index is 0.221. The number of hydrogen-bond donors (Lipinski definition) is 2. The van der Waals surface area contributed by atoms with Crippen LogP contribution in [0.25, 0.3) is 0 Å². The van der Waals surface area contributed by atoms with Crippen molar-refractivity contribution in [3.05, 3.63) is 23.9 Å². The van der Waals surface area contributed by atoms with Gasteiger partial charge in [0, 0.05) is 12.7 Å². The molecule has 0 aliphatic heterocycles. The van der Waals surface area contributed by atoms with E-state index >= 15 is 0 Å². The van der Waals surface area contributed by atoms with Crippen LogP contribution in [0, 0.1) is 0 Å². The van der Waals surface area contributed by atoms with E-state index in [1.54, 1.807) is 0 Å². The topological polar surface area (TPSA) is 50.9 Å². The third-order valence-corrected chi connectivity index (χ3v) is 1.77. The largest absolute Gasteiger partial charge is 0.416 e. The van der Waals surface area contributed by atoms with E-state index in [1.165, 1.54) is 0 Å². The molecule has 0 aliphatic carbocycles. The van der Waals surface area contributed by atoms with Gasteiger partial charge in [-0.2, -0.15) is 13.2 Å². The second-order valence-electron chi connectivity index (χ2n) is 3.00. The molecule has 0 saturated heterocycles. The summed E-state index contributed by atoms with van der Waals surface area (Å²) in [5.74, 6) is 0.221. The first kappa shape index (κ1) is 11.8. The molecule has 1 heterocycles. The second kappa shape index (κ2) is 4.97. The summed E-state index contributed by atoms with van der Waals surface area (Å²) < 4.78 is 36.8. The summed E-state index contributed by atoms with van der Waals surface area (Å²) in [4.78, 5) is 3.77. The van der Waals surface area contributed by atoms with E-state index in [0.717, 1.165) is 18.3 Å². The third kappa shape index (κ3) is 3.75. The summed E-state index contributed by atoms with van der Waals surface area (Å²) in [6.45, 7) is 1.01. The Hall–Kier alpha value is -1.30. The molecule has 0 spiro atoms. The summed E-state index contributed by atoms with van der Waals surface area (Å²) in [6, 6.07) is 1.92. The maximum absolute atomic E-state index is 12.3. The molecule has 3 nitrogen and oxygen atoms in total. The van der Waals surface area contributed by atoms with E-state index < -0.39 is 11.7 Å². The number of alkyl halides is 3. The first-order valence-corrected chi connectivity index (χ1v) is 4.51. The molecule has 0 amide bonds. The summed E-state index contributed by atoms with van der Waals surface area (Å²) >= 11 is 0. The van der Waals surface area contributed by atoms with Gasteiger partial charge >= 0.3 is 6.18 Å². The maximum Gasteiger partial charge on any atom is 0.416 e. The van der Waals surface area contributed by atoms with Crippen LogP contribution in [0.5, 0.6) is 0 Å². The lowest BCUT2D eigenvalue weighted by molar-refractivity contribution is -0.137. The molecule has 0 atom stereocenters. The van der Waals surface area contributed by atoms with E-state index in [-0.39, 0.29) is 5.82 Å². The van der Waals surface area contributed by atoms with Crippen LogP contribution < -0.4 is 11.1 Å². The fourth-order valence-electron chi connectivity index (χ4n) is 1.02. The molecule has 0 saturated carbocycles. The highest BCUT2D eigenvalue weighted by molar-refractivity contribution is 5.38. The fraction of sp³-hybridized carbons (Fsp3) is 0.444. The third-order valence-electron chi connectivity index (χ3n) is 1.77. The number of nitrogens with zero attached hydrogens (tertiary/aromatic N) is 1. The van der Waals surface area contributed by atoms with Gasteiger partial charge in [0.25, 0.3) is 0 Å². The molecule has 0 aromatic carbocycles. The molecule has 0 fully saturated rings. The molecule has 1 aromatic heterocycles. The van der Waals surface area contributed by atoms with Crippen LogP contribution in [0.4, 0.5) is 19.0 Å². The smallest absolute Gasteiger partial charge is 0.370 e. The molecule has 15 heavy (non-hydrogen) atoms. The summed E-state index contributed by atoms with van der Waals surface area (Å²) in [5.41, 5.74) is 4.55. The summed E-state index contributed by atoms with van der Waals surface area (Å²) in [7, 11) is 0. The first-order valence-electron chi connectivity index (χ1n) is 4.51. The Morgan fingerprint density at radius 3 is 2.73 bits per heavy atom. The van der Waals surface area contributed by atoms with Gasteiger partial charge in [0.2, 0.25) is 0 Å². The quantitative estimate of drug-likeness (QED) is 0.760. The predicted octanol–water partition coefficient (Wildman–Crippen LogP) is 1.86. The van der Waals surface area contributed by atoms with Crippen LogP contribution in [0.15, 0.2) is 18.3 Å². The Bertz CT molecular complexity index is 312. The Balaban J connectivity index is 2.66. The normalized spacial score (nSPS) is 11.5. The molecular weight excluding hydrogens is 207 g/mol. The molecule has 1 aromatic rings. The number of nitrogens with one attached hydrogen (secondary N) is 1. The Morgan fingerprint density at radius 1 is 1.40 bits per heavy atom. The number of hydrogen-bond acceptors (Lipinski definition) is 3. The van der Waals surface area contributed by atoms with E-state index in [2.05, 4.69) is 10.3 Å². The molecule has 3 N–H and O–H groups in total.